The summed E-state index contributed by atoms with van der Waals surface area (Å²) in [5.74, 6) is 2.88. The molecule has 0 N–H and O–H groups in total. The summed E-state index contributed by atoms with van der Waals surface area (Å²) in [6, 6.07) is 4.47. The summed E-state index contributed by atoms with van der Waals surface area (Å²) < 4.78 is 0. The molecule has 78 valence electrons. The fourth-order valence-corrected chi connectivity index (χ4v) is 3.10. The Hall–Kier alpha value is -0.300. The average molecular weight is 208 g/mol. The Balaban J connectivity index is 1.90. The predicted molar refractivity (Wildman–Crippen MR) is 63.7 cm³/mol. The lowest BCUT2D eigenvalue weighted by Crippen LogP contribution is -2.09. The van der Waals surface area contributed by atoms with Gasteiger partial charge in [-0.3, -0.25) is 0 Å². The van der Waals surface area contributed by atoms with Crippen LogP contribution in [0.2, 0.25) is 0 Å². The smallest absolute Gasteiger partial charge is 0.00480 e. The Bertz CT molecular complexity index is 257. The summed E-state index contributed by atoms with van der Waals surface area (Å²) in [4.78, 5) is 1.59. The van der Waals surface area contributed by atoms with E-state index in [0.717, 1.165) is 17.8 Å². The van der Waals surface area contributed by atoms with Gasteiger partial charge in [0, 0.05) is 4.88 Å². The standard InChI is InChI=1S/C13H20S/c1-10(2)8-12(11-5-6-11)9-13-4-3-7-14-13/h3-4,7,10-12H,5-6,8-9H2,1-2H3. The van der Waals surface area contributed by atoms with Crippen molar-refractivity contribution in [3.63, 3.8) is 0 Å². The van der Waals surface area contributed by atoms with E-state index in [-0.39, 0.29) is 0 Å². The highest BCUT2D eigenvalue weighted by Crippen LogP contribution is 2.41. The second-order valence-corrected chi connectivity index (χ2v) is 6.04. The van der Waals surface area contributed by atoms with Crippen molar-refractivity contribution < 1.29 is 0 Å². The van der Waals surface area contributed by atoms with Crippen molar-refractivity contribution in [2.24, 2.45) is 17.8 Å². The topological polar surface area (TPSA) is 0 Å². The highest BCUT2D eigenvalue weighted by Gasteiger charge is 2.31. The van der Waals surface area contributed by atoms with Gasteiger partial charge in [-0.2, -0.15) is 0 Å². The zero-order chi connectivity index (χ0) is 9.97. The van der Waals surface area contributed by atoms with E-state index in [4.69, 9.17) is 0 Å². The fourth-order valence-electron chi connectivity index (χ4n) is 2.30. The first-order valence-electron chi connectivity index (χ1n) is 5.78. The molecule has 1 heteroatoms. The fraction of sp³-hybridized carbons (Fsp3) is 0.692. The Morgan fingerprint density at radius 2 is 2.21 bits per heavy atom. The molecule has 1 aromatic rings. The van der Waals surface area contributed by atoms with E-state index >= 15 is 0 Å². The molecule has 0 aliphatic heterocycles. The molecule has 0 nitrogen and oxygen atoms in total. The molecule has 1 fully saturated rings. The summed E-state index contributed by atoms with van der Waals surface area (Å²) in [7, 11) is 0. The Morgan fingerprint density at radius 1 is 1.43 bits per heavy atom. The van der Waals surface area contributed by atoms with Crippen molar-refractivity contribution in [1.82, 2.24) is 0 Å². The quantitative estimate of drug-likeness (QED) is 0.674. The summed E-state index contributed by atoms with van der Waals surface area (Å²) >= 11 is 1.92. The van der Waals surface area contributed by atoms with Crippen LogP contribution in [-0.4, -0.2) is 0 Å². The van der Waals surface area contributed by atoms with Gasteiger partial charge >= 0.3 is 0 Å². The Morgan fingerprint density at radius 3 is 2.71 bits per heavy atom. The van der Waals surface area contributed by atoms with Crippen LogP contribution in [0.4, 0.5) is 0 Å². The maximum Gasteiger partial charge on any atom is 0.00480 e. The molecule has 0 amide bonds. The third-order valence-electron chi connectivity index (χ3n) is 3.11. The van der Waals surface area contributed by atoms with Gasteiger partial charge in [-0.15, -0.1) is 11.3 Å². The number of thiophene rings is 1. The van der Waals surface area contributed by atoms with Crippen LogP contribution < -0.4 is 0 Å². The first-order chi connectivity index (χ1) is 6.75. The molecule has 0 bridgehead atoms. The molecular formula is C13H20S. The van der Waals surface area contributed by atoms with Gasteiger partial charge in [0.15, 0.2) is 0 Å². The molecule has 1 heterocycles. The Labute approximate surface area is 91.4 Å². The van der Waals surface area contributed by atoms with E-state index in [1.54, 1.807) is 4.88 Å². The lowest BCUT2D eigenvalue weighted by molar-refractivity contribution is 0.368. The van der Waals surface area contributed by atoms with Crippen molar-refractivity contribution in [3.05, 3.63) is 22.4 Å². The van der Waals surface area contributed by atoms with Crippen LogP contribution in [0.15, 0.2) is 17.5 Å². The normalized spacial score (nSPS) is 18.8. The van der Waals surface area contributed by atoms with Crippen LogP contribution in [0, 0.1) is 17.8 Å². The van der Waals surface area contributed by atoms with Gasteiger partial charge in [0.2, 0.25) is 0 Å². The summed E-state index contributed by atoms with van der Waals surface area (Å²) in [5, 5.41) is 2.20. The molecule has 1 aliphatic carbocycles. The van der Waals surface area contributed by atoms with E-state index in [1.165, 1.54) is 25.7 Å². The summed E-state index contributed by atoms with van der Waals surface area (Å²) in [5.41, 5.74) is 0. The maximum atomic E-state index is 2.35. The van der Waals surface area contributed by atoms with Crippen molar-refractivity contribution in [2.45, 2.75) is 39.5 Å². The molecule has 2 rings (SSSR count). The SMILES string of the molecule is CC(C)CC(Cc1cccs1)C1CC1. The highest BCUT2D eigenvalue weighted by molar-refractivity contribution is 7.09. The van der Waals surface area contributed by atoms with E-state index in [2.05, 4.69) is 31.4 Å². The molecule has 1 saturated carbocycles. The summed E-state index contributed by atoms with van der Waals surface area (Å²) in [6.45, 7) is 4.70. The zero-order valence-electron chi connectivity index (χ0n) is 9.20. The lowest BCUT2D eigenvalue weighted by atomic mass is 9.89. The minimum Gasteiger partial charge on any atom is -0.149 e. The maximum absolute atomic E-state index is 2.35. The molecule has 1 atom stereocenters. The molecule has 0 radical (unpaired) electrons. The van der Waals surface area contributed by atoms with Gasteiger partial charge < -0.3 is 0 Å². The highest BCUT2D eigenvalue weighted by atomic mass is 32.1. The van der Waals surface area contributed by atoms with Crippen molar-refractivity contribution >= 4 is 11.3 Å². The first-order valence-corrected chi connectivity index (χ1v) is 6.66. The molecule has 14 heavy (non-hydrogen) atoms. The van der Waals surface area contributed by atoms with E-state index in [0.29, 0.717) is 0 Å². The molecule has 0 spiro atoms. The van der Waals surface area contributed by atoms with Crippen LogP contribution in [0.5, 0.6) is 0 Å². The van der Waals surface area contributed by atoms with Gasteiger partial charge in [-0.25, -0.2) is 0 Å². The second kappa shape index (κ2) is 4.48. The molecule has 1 unspecified atom stereocenters. The van der Waals surface area contributed by atoms with Gasteiger partial charge in [0.25, 0.3) is 0 Å². The van der Waals surface area contributed by atoms with Crippen LogP contribution >= 0.6 is 11.3 Å². The monoisotopic (exact) mass is 208 g/mol. The van der Waals surface area contributed by atoms with E-state index in [9.17, 15) is 0 Å². The van der Waals surface area contributed by atoms with Gasteiger partial charge in [-0.1, -0.05) is 19.9 Å². The van der Waals surface area contributed by atoms with Gasteiger partial charge in [-0.05, 0) is 54.9 Å². The summed E-state index contributed by atoms with van der Waals surface area (Å²) in [6.07, 6.45) is 5.73. The van der Waals surface area contributed by atoms with Crippen LogP contribution in [0.1, 0.15) is 38.0 Å². The molecule has 1 aromatic heterocycles. The zero-order valence-corrected chi connectivity index (χ0v) is 10.0. The van der Waals surface area contributed by atoms with Crippen LogP contribution in [0.25, 0.3) is 0 Å². The molecule has 0 aromatic carbocycles. The average Bonchev–Trinajstić information content (AvgIpc) is 2.85. The predicted octanol–water partition coefficient (Wildman–Crippen LogP) is 4.36. The third kappa shape index (κ3) is 2.84. The largest absolute Gasteiger partial charge is 0.149 e. The van der Waals surface area contributed by atoms with Crippen molar-refractivity contribution in [3.8, 4) is 0 Å². The minimum atomic E-state index is 0.862. The minimum absolute atomic E-state index is 0.862. The van der Waals surface area contributed by atoms with Gasteiger partial charge in [0.1, 0.15) is 0 Å². The molecule has 1 aliphatic rings. The van der Waals surface area contributed by atoms with E-state index in [1.807, 2.05) is 11.3 Å². The van der Waals surface area contributed by atoms with Crippen LogP contribution in [-0.2, 0) is 6.42 Å². The first kappa shape index (κ1) is 10.2. The number of rotatable bonds is 5. The third-order valence-corrected chi connectivity index (χ3v) is 4.01. The number of hydrogen-bond acceptors (Lipinski definition) is 1. The van der Waals surface area contributed by atoms with Crippen molar-refractivity contribution in [2.75, 3.05) is 0 Å². The molecular weight excluding hydrogens is 188 g/mol. The van der Waals surface area contributed by atoms with Crippen molar-refractivity contribution in [1.29, 1.82) is 0 Å². The second-order valence-electron chi connectivity index (χ2n) is 5.01. The van der Waals surface area contributed by atoms with E-state index < -0.39 is 0 Å². The van der Waals surface area contributed by atoms with Crippen LogP contribution in [0.3, 0.4) is 0 Å². The lowest BCUT2D eigenvalue weighted by Gasteiger charge is -2.17. The molecule has 0 saturated heterocycles. The Kier molecular flexibility index (Phi) is 3.27. The van der Waals surface area contributed by atoms with Gasteiger partial charge in [0.05, 0.1) is 0 Å². The number of hydrogen-bond donors (Lipinski definition) is 0.